The van der Waals surface area contributed by atoms with Crippen LogP contribution < -0.4 is 5.32 Å². The Kier molecular flexibility index (Phi) is 3.31. The van der Waals surface area contributed by atoms with Gasteiger partial charge in [0.25, 0.3) is 5.91 Å². The fourth-order valence-corrected chi connectivity index (χ4v) is 2.20. The molecule has 82 valence electrons. The molecule has 0 atom stereocenters. The maximum atomic E-state index is 11.3. The molecule has 0 fully saturated rings. The van der Waals surface area contributed by atoms with Gasteiger partial charge in [-0.1, -0.05) is 30.3 Å². The normalized spacial score (nSPS) is 10.1. The lowest BCUT2D eigenvalue weighted by Gasteiger charge is -1.96. The van der Waals surface area contributed by atoms with Gasteiger partial charge in [-0.2, -0.15) is 0 Å². The molecule has 0 saturated heterocycles. The van der Waals surface area contributed by atoms with E-state index in [0.717, 1.165) is 11.4 Å². The van der Waals surface area contributed by atoms with Crippen molar-refractivity contribution in [3.8, 4) is 0 Å². The van der Waals surface area contributed by atoms with Crippen molar-refractivity contribution in [2.24, 2.45) is 0 Å². The summed E-state index contributed by atoms with van der Waals surface area (Å²) in [6.45, 7) is 0. The number of nitrogens with zero attached hydrogens (tertiary/aromatic N) is 1. The number of carbonyl (C=O) groups is 1. The summed E-state index contributed by atoms with van der Waals surface area (Å²) < 4.78 is 0. The van der Waals surface area contributed by atoms with Gasteiger partial charge in [-0.15, -0.1) is 11.3 Å². The zero-order valence-electron chi connectivity index (χ0n) is 8.93. The summed E-state index contributed by atoms with van der Waals surface area (Å²) in [6.07, 6.45) is 0.780. The van der Waals surface area contributed by atoms with Gasteiger partial charge in [-0.3, -0.25) is 4.79 Å². The van der Waals surface area contributed by atoms with Gasteiger partial charge in [-0.25, -0.2) is 4.98 Å². The average Bonchev–Trinajstić information content (AvgIpc) is 2.78. The van der Waals surface area contributed by atoms with Crippen LogP contribution in [-0.2, 0) is 6.42 Å². The maximum Gasteiger partial charge on any atom is 0.270 e. The Morgan fingerprint density at radius 3 is 2.81 bits per heavy atom. The average molecular weight is 232 g/mol. The third-order valence-electron chi connectivity index (χ3n) is 2.21. The highest BCUT2D eigenvalue weighted by molar-refractivity contribution is 7.09. The lowest BCUT2D eigenvalue weighted by Crippen LogP contribution is -2.18. The van der Waals surface area contributed by atoms with E-state index < -0.39 is 0 Å². The van der Waals surface area contributed by atoms with E-state index in [9.17, 15) is 4.79 Å². The molecule has 0 aliphatic carbocycles. The third-order valence-corrected chi connectivity index (χ3v) is 3.06. The van der Waals surface area contributed by atoms with Gasteiger partial charge in [0.15, 0.2) is 0 Å². The van der Waals surface area contributed by atoms with E-state index in [1.165, 1.54) is 16.9 Å². The Balaban J connectivity index is 2.12. The number of rotatable bonds is 3. The smallest absolute Gasteiger partial charge is 0.270 e. The van der Waals surface area contributed by atoms with E-state index >= 15 is 0 Å². The van der Waals surface area contributed by atoms with E-state index in [2.05, 4.69) is 22.4 Å². The van der Waals surface area contributed by atoms with Crippen LogP contribution in [0, 0.1) is 0 Å². The first-order valence-corrected chi connectivity index (χ1v) is 5.88. The van der Waals surface area contributed by atoms with Crippen LogP contribution in [0.3, 0.4) is 0 Å². The van der Waals surface area contributed by atoms with Crippen LogP contribution in [0.4, 0.5) is 0 Å². The van der Waals surface area contributed by atoms with Gasteiger partial charge < -0.3 is 5.32 Å². The summed E-state index contributed by atoms with van der Waals surface area (Å²) in [4.78, 5) is 15.6. The second kappa shape index (κ2) is 4.90. The molecule has 1 aromatic heterocycles. The minimum atomic E-state index is -0.129. The molecule has 0 bridgehead atoms. The molecule has 2 rings (SSSR count). The number of aromatic nitrogens is 1. The van der Waals surface area contributed by atoms with Crippen molar-refractivity contribution in [2.75, 3.05) is 7.05 Å². The highest BCUT2D eigenvalue weighted by atomic mass is 32.1. The topological polar surface area (TPSA) is 42.0 Å². The first-order chi connectivity index (χ1) is 7.79. The van der Waals surface area contributed by atoms with Gasteiger partial charge in [0, 0.05) is 18.8 Å². The van der Waals surface area contributed by atoms with Gasteiger partial charge in [0.05, 0.1) is 5.01 Å². The van der Waals surface area contributed by atoms with Crippen LogP contribution in [0.2, 0.25) is 0 Å². The molecule has 0 spiro atoms. The fourth-order valence-electron chi connectivity index (χ4n) is 1.39. The van der Waals surface area contributed by atoms with Crippen molar-refractivity contribution in [1.82, 2.24) is 10.3 Å². The Bertz CT molecular complexity index is 479. The van der Waals surface area contributed by atoms with Crippen LogP contribution in [0.1, 0.15) is 21.1 Å². The molecule has 0 aliphatic heterocycles. The van der Waals surface area contributed by atoms with Gasteiger partial charge in [-0.05, 0) is 5.56 Å². The Morgan fingerprint density at radius 1 is 1.38 bits per heavy atom. The van der Waals surface area contributed by atoms with Crippen molar-refractivity contribution < 1.29 is 4.79 Å². The van der Waals surface area contributed by atoms with Crippen molar-refractivity contribution in [3.63, 3.8) is 0 Å². The zero-order chi connectivity index (χ0) is 11.4. The standard InChI is InChI=1S/C12H12N2OS/c1-13-12(15)10-8-16-11(14-10)7-9-5-3-2-4-6-9/h2-6,8H,7H2,1H3,(H,13,15). The molecular weight excluding hydrogens is 220 g/mol. The summed E-state index contributed by atoms with van der Waals surface area (Å²) in [6, 6.07) is 10.1. The summed E-state index contributed by atoms with van der Waals surface area (Å²) in [5, 5.41) is 5.32. The predicted molar refractivity (Wildman–Crippen MR) is 64.8 cm³/mol. The quantitative estimate of drug-likeness (QED) is 0.880. The predicted octanol–water partition coefficient (Wildman–Crippen LogP) is 2.09. The molecule has 1 aromatic carbocycles. The lowest BCUT2D eigenvalue weighted by molar-refractivity contribution is 0.0958. The van der Waals surface area contributed by atoms with Crippen molar-refractivity contribution in [1.29, 1.82) is 0 Å². The van der Waals surface area contributed by atoms with Crippen molar-refractivity contribution in [2.45, 2.75) is 6.42 Å². The molecule has 3 nitrogen and oxygen atoms in total. The van der Waals surface area contributed by atoms with Crippen LogP contribution in [0.25, 0.3) is 0 Å². The largest absolute Gasteiger partial charge is 0.354 e. The number of benzene rings is 1. The minimum absolute atomic E-state index is 0.129. The van der Waals surface area contributed by atoms with E-state index in [4.69, 9.17) is 0 Å². The van der Waals surface area contributed by atoms with E-state index in [1.807, 2.05) is 18.2 Å². The molecule has 2 aromatic rings. The second-order valence-electron chi connectivity index (χ2n) is 3.37. The van der Waals surface area contributed by atoms with E-state index in [0.29, 0.717) is 5.69 Å². The Hall–Kier alpha value is -1.68. The van der Waals surface area contributed by atoms with Crippen LogP contribution in [0.5, 0.6) is 0 Å². The van der Waals surface area contributed by atoms with Crippen molar-refractivity contribution >= 4 is 17.2 Å². The fraction of sp³-hybridized carbons (Fsp3) is 0.167. The third kappa shape index (κ3) is 2.46. The monoisotopic (exact) mass is 232 g/mol. The van der Waals surface area contributed by atoms with Gasteiger partial charge in [0.2, 0.25) is 0 Å². The molecule has 4 heteroatoms. The van der Waals surface area contributed by atoms with E-state index in [1.54, 1.807) is 12.4 Å². The number of hydrogen-bond donors (Lipinski definition) is 1. The van der Waals surface area contributed by atoms with Gasteiger partial charge in [0.1, 0.15) is 5.69 Å². The molecule has 1 amide bonds. The van der Waals surface area contributed by atoms with Crippen LogP contribution in [0.15, 0.2) is 35.7 Å². The number of carbonyl (C=O) groups excluding carboxylic acids is 1. The minimum Gasteiger partial charge on any atom is -0.354 e. The first-order valence-electron chi connectivity index (χ1n) is 5.00. The van der Waals surface area contributed by atoms with Crippen LogP contribution >= 0.6 is 11.3 Å². The summed E-state index contributed by atoms with van der Waals surface area (Å²) in [5.74, 6) is -0.129. The summed E-state index contributed by atoms with van der Waals surface area (Å²) in [7, 11) is 1.61. The lowest BCUT2D eigenvalue weighted by atomic mass is 10.2. The zero-order valence-corrected chi connectivity index (χ0v) is 9.75. The maximum absolute atomic E-state index is 11.3. The first kappa shape index (κ1) is 10.8. The van der Waals surface area contributed by atoms with Gasteiger partial charge >= 0.3 is 0 Å². The Labute approximate surface area is 98.2 Å². The Morgan fingerprint density at radius 2 is 2.12 bits per heavy atom. The second-order valence-corrected chi connectivity index (χ2v) is 4.31. The highest BCUT2D eigenvalue weighted by Crippen LogP contribution is 2.14. The molecule has 0 radical (unpaired) electrons. The molecule has 16 heavy (non-hydrogen) atoms. The summed E-state index contributed by atoms with van der Waals surface area (Å²) >= 11 is 1.52. The molecule has 1 heterocycles. The highest BCUT2D eigenvalue weighted by Gasteiger charge is 2.08. The molecule has 0 unspecified atom stereocenters. The SMILES string of the molecule is CNC(=O)c1csc(Cc2ccccc2)n1. The molecular formula is C12H12N2OS. The number of thiazole rings is 1. The number of hydrogen-bond acceptors (Lipinski definition) is 3. The molecule has 0 aliphatic rings. The summed E-state index contributed by atoms with van der Waals surface area (Å²) in [5.41, 5.74) is 1.71. The van der Waals surface area contributed by atoms with E-state index in [-0.39, 0.29) is 5.91 Å². The number of amides is 1. The van der Waals surface area contributed by atoms with Crippen molar-refractivity contribution in [3.05, 3.63) is 52.0 Å². The molecule has 1 N–H and O–H groups in total. The molecule has 0 saturated carbocycles. The number of nitrogens with one attached hydrogen (secondary N) is 1. The van der Waals surface area contributed by atoms with Crippen LogP contribution in [-0.4, -0.2) is 17.9 Å².